The molecule has 2 fully saturated rings. The standard InChI is InChI=1S/C36H53NO4Si/c1-23(2)31-29-30(28-26(37-31)19-34(6,7)20-27(28)41-42(9,10)33(3,4)5)36(15-17-38-18-16-36)40-32(29)24-11-13-25(14-12-24)35(8)21-39-22-35/h11-14,23,27,32H,15-22H2,1-10H3. The molecule has 6 rings (SSSR count). The molecule has 0 saturated carbocycles. The predicted molar refractivity (Wildman–Crippen MR) is 171 cm³/mol. The lowest BCUT2D eigenvalue weighted by molar-refractivity contribution is -0.122. The first-order chi connectivity index (χ1) is 19.6. The minimum atomic E-state index is -2.06. The average molecular weight is 592 g/mol. The van der Waals surface area contributed by atoms with Gasteiger partial charge in [0.15, 0.2) is 8.32 Å². The van der Waals surface area contributed by atoms with Crippen molar-refractivity contribution in [3.8, 4) is 0 Å². The summed E-state index contributed by atoms with van der Waals surface area (Å²) in [4.78, 5) is 5.56. The van der Waals surface area contributed by atoms with E-state index in [9.17, 15) is 0 Å². The highest BCUT2D eigenvalue weighted by Crippen LogP contribution is 2.59. The van der Waals surface area contributed by atoms with Crippen molar-refractivity contribution in [3.05, 3.63) is 63.5 Å². The van der Waals surface area contributed by atoms with Gasteiger partial charge in [0, 0.05) is 54.0 Å². The highest BCUT2D eigenvalue weighted by Gasteiger charge is 2.53. The SMILES string of the molecule is CC(C)c1nc2c(c3c1C(c1ccc(C4(C)COC4)cc1)OC31CCOCC1)C(O[Si](C)(C)C(C)(C)C)CC(C)(C)C2. The molecule has 2 aromatic rings. The van der Waals surface area contributed by atoms with Crippen LogP contribution in [0, 0.1) is 5.41 Å². The summed E-state index contributed by atoms with van der Waals surface area (Å²) in [5.41, 5.74) is 8.89. The van der Waals surface area contributed by atoms with Gasteiger partial charge in [-0.3, -0.25) is 4.98 Å². The number of hydrogen-bond donors (Lipinski definition) is 0. The molecule has 0 bridgehead atoms. The smallest absolute Gasteiger partial charge is 0.192 e. The van der Waals surface area contributed by atoms with Crippen molar-refractivity contribution in [2.24, 2.45) is 5.41 Å². The minimum absolute atomic E-state index is 0.0233. The molecule has 1 aromatic heterocycles. The second-order valence-electron chi connectivity index (χ2n) is 16.5. The van der Waals surface area contributed by atoms with E-state index in [1.54, 1.807) is 0 Å². The van der Waals surface area contributed by atoms with E-state index in [0.29, 0.717) is 5.92 Å². The molecule has 4 aliphatic rings. The molecule has 6 heteroatoms. The molecule has 0 amide bonds. The fraction of sp³-hybridized carbons (Fsp3) is 0.694. The zero-order chi connectivity index (χ0) is 30.3. The van der Waals surface area contributed by atoms with Crippen molar-refractivity contribution < 1.29 is 18.6 Å². The fourth-order valence-corrected chi connectivity index (χ4v) is 8.67. The molecule has 2 atom stereocenters. The molecule has 2 unspecified atom stereocenters. The Labute approximate surface area is 255 Å². The number of ether oxygens (including phenoxy) is 3. The molecule has 0 radical (unpaired) electrons. The Morgan fingerprint density at radius 2 is 1.60 bits per heavy atom. The highest BCUT2D eigenvalue weighted by atomic mass is 28.4. The topological polar surface area (TPSA) is 49.8 Å². The maximum Gasteiger partial charge on any atom is 0.192 e. The summed E-state index contributed by atoms with van der Waals surface area (Å²) in [6.07, 6.45) is 3.60. The van der Waals surface area contributed by atoms with Gasteiger partial charge in [-0.05, 0) is 59.0 Å². The van der Waals surface area contributed by atoms with Crippen LogP contribution in [-0.4, -0.2) is 39.7 Å². The van der Waals surface area contributed by atoms with Gasteiger partial charge < -0.3 is 18.6 Å². The van der Waals surface area contributed by atoms with Crippen LogP contribution in [0.1, 0.15) is 132 Å². The summed E-state index contributed by atoms with van der Waals surface area (Å²) in [5.74, 6) is 0.292. The third-order valence-electron chi connectivity index (χ3n) is 11.0. The van der Waals surface area contributed by atoms with Gasteiger partial charge >= 0.3 is 0 Å². The number of benzene rings is 1. The van der Waals surface area contributed by atoms with Gasteiger partial charge in [-0.2, -0.15) is 0 Å². The van der Waals surface area contributed by atoms with Crippen LogP contribution in [0.3, 0.4) is 0 Å². The summed E-state index contributed by atoms with van der Waals surface area (Å²) in [5, 5.41) is 0.127. The third-order valence-corrected chi connectivity index (χ3v) is 15.5. The molecule has 1 aromatic carbocycles. The van der Waals surface area contributed by atoms with Crippen LogP contribution in [0.15, 0.2) is 24.3 Å². The Morgan fingerprint density at radius 1 is 0.952 bits per heavy atom. The summed E-state index contributed by atoms with van der Waals surface area (Å²) >= 11 is 0. The van der Waals surface area contributed by atoms with E-state index in [1.807, 2.05) is 0 Å². The fourth-order valence-electron chi connectivity index (χ4n) is 7.41. The van der Waals surface area contributed by atoms with Gasteiger partial charge in [-0.15, -0.1) is 0 Å². The van der Waals surface area contributed by atoms with E-state index >= 15 is 0 Å². The van der Waals surface area contributed by atoms with Gasteiger partial charge in [-0.1, -0.05) is 79.7 Å². The molecule has 4 heterocycles. The number of hydrogen-bond acceptors (Lipinski definition) is 5. The monoisotopic (exact) mass is 591 g/mol. The second-order valence-corrected chi connectivity index (χ2v) is 21.2. The van der Waals surface area contributed by atoms with E-state index in [0.717, 1.165) is 52.1 Å². The Kier molecular flexibility index (Phi) is 7.42. The van der Waals surface area contributed by atoms with Crippen LogP contribution in [0.2, 0.25) is 18.1 Å². The first-order valence-corrected chi connectivity index (χ1v) is 19.2. The highest BCUT2D eigenvalue weighted by molar-refractivity contribution is 6.74. The zero-order valence-electron chi connectivity index (χ0n) is 27.8. The van der Waals surface area contributed by atoms with Gasteiger partial charge in [0.2, 0.25) is 0 Å². The van der Waals surface area contributed by atoms with Crippen molar-refractivity contribution >= 4 is 8.32 Å². The predicted octanol–water partition coefficient (Wildman–Crippen LogP) is 8.65. The Balaban J connectivity index is 1.55. The maximum atomic E-state index is 7.38. The Hall–Kier alpha value is -1.57. The van der Waals surface area contributed by atoms with Crippen LogP contribution in [0.25, 0.3) is 0 Å². The quantitative estimate of drug-likeness (QED) is 0.326. The van der Waals surface area contributed by atoms with Crippen molar-refractivity contribution in [3.63, 3.8) is 0 Å². The van der Waals surface area contributed by atoms with E-state index < -0.39 is 8.32 Å². The van der Waals surface area contributed by atoms with Crippen molar-refractivity contribution in [2.75, 3.05) is 26.4 Å². The van der Waals surface area contributed by atoms with Crippen LogP contribution < -0.4 is 0 Å². The first kappa shape index (κ1) is 30.5. The Morgan fingerprint density at radius 3 is 2.14 bits per heavy atom. The molecule has 1 spiro atoms. The molecular weight excluding hydrogens is 538 g/mol. The molecular formula is C36H53NO4Si. The van der Waals surface area contributed by atoms with Gasteiger partial charge in [-0.25, -0.2) is 0 Å². The maximum absolute atomic E-state index is 7.38. The van der Waals surface area contributed by atoms with E-state index in [2.05, 4.69) is 92.7 Å². The van der Waals surface area contributed by atoms with Crippen LogP contribution in [0.5, 0.6) is 0 Å². The average Bonchev–Trinajstić information content (AvgIpc) is 3.19. The lowest BCUT2D eigenvalue weighted by atomic mass is 9.70. The minimum Gasteiger partial charge on any atom is -0.410 e. The summed E-state index contributed by atoms with van der Waals surface area (Å²) in [6, 6.07) is 9.18. The van der Waals surface area contributed by atoms with Crippen LogP contribution >= 0.6 is 0 Å². The molecule has 5 nitrogen and oxygen atoms in total. The Bertz CT molecular complexity index is 1330. The number of aromatic nitrogens is 1. The summed E-state index contributed by atoms with van der Waals surface area (Å²) in [7, 11) is -2.06. The molecule has 230 valence electrons. The molecule has 1 aliphatic carbocycles. The zero-order valence-corrected chi connectivity index (χ0v) is 28.8. The van der Waals surface area contributed by atoms with Crippen LogP contribution in [0.4, 0.5) is 0 Å². The largest absolute Gasteiger partial charge is 0.410 e. The third kappa shape index (κ3) is 5.03. The van der Waals surface area contributed by atoms with E-state index in [4.69, 9.17) is 23.6 Å². The molecule has 3 aliphatic heterocycles. The lowest BCUT2D eigenvalue weighted by Gasteiger charge is -2.46. The number of rotatable bonds is 5. The van der Waals surface area contributed by atoms with Crippen molar-refractivity contribution in [1.82, 2.24) is 4.98 Å². The molecule has 2 saturated heterocycles. The lowest BCUT2D eigenvalue weighted by Crippen LogP contribution is -2.45. The van der Waals surface area contributed by atoms with Crippen molar-refractivity contribution in [1.29, 1.82) is 0 Å². The molecule has 42 heavy (non-hydrogen) atoms. The van der Waals surface area contributed by atoms with Gasteiger partial charge in [0.05, 0.1) is 24.9 Å². The van der Waals surface area contributed by atoms with Crippen LogP contribution in [-0.2, 0) is 36.1 Å². The summed E-state index contributed by atoms with van der Waals surface area (Å²) in [6.45, 7) is 26.5. The molecule has 0 N–H and O–H groups in total. The van der Waals surface area contributed by atoms with E-state index in [-0.39, 0.29) is 33.7 Å². The van der Waals surface area contributed by atoms with E-state index in [1.165, 1.54) is 39.2 Å². The summed E-state index contributed by atoms with van der Waals surface area (Å²) < 4.78 is 26.3. The number of nitrogens with zero attached hydrogens (tertiary/aromatic N) is 1. The second kappa shape index (κ2) is 10.2. The van der Waals surface area contributed by atoms with Crippen molar-refractivity contribution in [2.45, 2.75) is 128 Å². The normalized spacial score (nSPS) is 26.2. The number of pyridine rings is 1. The van der Waals surface area contributed by atoms with Gasteiger partial charge in [0.1, 0.15) is 6.10 Å². The number of fused-ring (bicyclic) bond motifs is 4. The first-order valence-electron chi connectivity index (χ1n) is 16.2. The van der Waals surface area contributed by atoms with Gasteiger partial charge in [0.25, 0.3) is 0 Å².